The second-order valence-electron chi connectivity index (χ2n) is 9.50. The van der Waals surface area contributed by atoms with Crippen molar-refractivity contribution < 1.29 is 41.0 Å². The number of aliphatic carboxylic acids is 1. The minimum absolute atomic E-state index is 0.334. The molecule has 0 amide bonds. The molecule has 0 bridgehead atoms. The molecule has 11 heteroatoms. The Morgan fingerprint density at radius 1 is 0.900 bits per heavy atom. The standard InChI is InChI=1S/C27H31NO4S.C2HF3O2/c1-31-25-9-3-21(4-10-25)19-28-17-15-22(16-18-28)20-32-26-11-5-23(6-12-26)24-7-13-27(14-8-24)33(2,29)30;3-2(4,5)1(6)7/h3-14,22H,15-20H2,1-2H3;(H,6,7). The Labute approximate surface area is 232 Å². The highest BCUT2D eigenvalue weighted by atomic mass is 32.2. The van der Waals surface area contributed by atoms with Crippen molar-refractivity contribution in [1.29, 1.82) is 0 Å². The first kappa shape index (κ1) is 31.0. The average Bonchev–Trinajstić information content (AvgIpc) is 2.93. The van der Waals surface area contributed by atoms with Crippen LogP contribution in [0.3, 0.4) is 0 Å². The maximum absolute atomic E-state index is 11.6. The lowest BCUT2D eigenvalue weighted by Crippen LogP contribution is -2.35. The number of hydrogen-bond donors (Lipinski definition) is 1. The van der Waals surface area contributed by atoms with Crippen LogP contribution in [0, 0.1) is 5.92 Å². The summed E-state index contributed by atoms with van der Waals surface area (Å²) in [5.74, 6) is -0.424. The minimum Gasteiger partial charge on any atom is -0.497 e. The second-order valence-corrected chi connectivity index (χ2v) is 11.5. The maximum atomic E-state index is 11.6. The van der Waals surface area contributed by atoms with Crippen LogP contribution in [0.25, 0.3) is 11.1 Å². The normalized spacial score (nSPS) is 14.6. The molecule has 1 heterocycles. The van der Waals surface area contributed by atoms with Gasteiger partial charge in [-0.2, -0.15) is 13.2 Å². The van der Waals surface area contributed by atoms with Crippen LogP contribution in [-0.2, 0) is 21.2 Å². The van der Waals surface area contributed by atoms with E-state index in [1.165, 1.54) is 11.8 Å². The molecule has 0 aliphatic carbocycles. The zero-order valence-electron chi connectivity index (χ0n) is 22.2. The molecular weight excluding hydrogens is 547 g/mol. The molecule has 3 aromatic rings. The summed E-state index contributed by atoms with van der Waals surface area (Å²) in [7, 11) is -1.48. The summed E-state index contributed by atoms with van der Waals surface area (Å²) in [6.07, 6.45) is -1.58. The van der Waals surface area contributed by atoms with Crippen molar-refractivity contribution >= 4 is 15.8 Å². The van der Waals surface area contributed by atoms with Gasteiger partial charge in [-0.3, -0.25) is 4.90 Å². The monoisotopic (exact) mass is 579 g/mol. The van der Waals surface area contributed by atoms with Crippen LogP contribution in [0.4, 0.5) is 13.2 Å². The predicted octanol–water partition coefficient (Wildman–Crippen LogP) is 5.69. The predicted molar refractivity (Wildman–Crippen MR) is 145 cm³/mol. The Morgan fingerprint density at radius 3 is 1.82 bits per heavy atom. The van der Waals surface area contributed by atoms with Crippen molar-refractivity contribution in [1.82, 2.24) is 4.90 Å². The third-order valence-corrected chi connectivity index (χ3v) is 7.60. The molecule has 1 N–H and O–H groups in total. The van der Waals surface area contributed by atoms with E-state index < -0.39 is 22.0 Å². The minimum atomic E-state index is -5.08. The van der Waals surface area contributed by atoms with E-state index in [2.05, 4.69) is 17.0 Å². The topological polar surface area (TPSA) is 93.1 Å². The molecule has 1 saturated heterocycles. The van der Waals surface area contributed by atoms with E-state index in [0.717, 1.165) is 61.7 Å². The zero-order valence-corrected chi connectivity index (χ0v) is 23.0. The molecule has 1 fully saturated rings. The van der Waals surface area contributed by atoms with Crippen molar-refractivity contribution in [2.24, 2.45) is 5.92 Å². The van der Waals surface area contributed by atoms with Crippen molar-refractivity contribution in [3.63, 3.8) is 0 Å². The zero-order chi connectivity index (χ0) is 29.3. The van der Waals surface area contributed by atoms with E-state index >= 15 is 0 Å². The van der Waals surface area contributed by atoms with Crippen LogP contribution < -0.4 is 9.47 Å². The molecule has 0 radical (unpaired) electrons. The number of sulfone groups is 1. The number of benzene rings is 3. The number of hydrogen-bond acceptors (Lipinski definition) is 6. The van der Waals surface area contributed by atoms with Gasteiger partial charge in [-0.05, 0) is 84.9 Å². The number of halogens is 3. The molecule has 1 aliphatic rings. The lowest BCUT2D eigenvalue weighted by atomic mass is 9.97. The lowest BCUT2D eigenvalue weighted by molar-refractivity contribution is -0.192. The van der Waals surface area contributed by atoms with E-state index in [1.54, 1.807) is 19.2 Å². The number of carbonyl (C=O) groups is 1. The van der Waals surface area contributed by atoms with Gasteiger partial charge in [0.1, 0.15) is 11.5 Å². The van der Waals surface area contributed by atoms with E-state index in [0.29, 0.717) is 10.8 Å². The highest BCUT2D eigenvalue weighted by Crippen LogP contribution is 2.26. The summed E-state index contributed by atoms with van der Waals surface area (Å²) < 4.78 is 66.3. The Hall–Kier alpha value is -3.57. The van der Waals surface area contributed by atoms with Gasteiger partial charge in [0.15, 0.2) is 9.84 Å². The van der Waals surface area contributed by atoms with Crippen LogP contribution in [0.15, 0.2) is 77.7 Å². The van der Waals surface area contributed by atoms with Gasteiger partial charge in [0.25, 0.3) is 0 Å². The molecule has 0 unspecified atom stereocenters. The summed E-state index contributed by atoms with van der Waals surface area (Å²) in [5.41, 5.74) is 3.34. The summed E-state index contributed by atoms with van der Waals surface area (Å²) in [5, 5.41) is 7.12. The van der Waals surface area contributed by atoms with Crippen molar-refractivity contribution in [3.05, 3.63) is 78.4 Å². The van der Waals surface area contributed by atoms with Crippen LogP contribution in [0.1, 0.15) is 18.4 Å². The Balaban J connectivity index is 0.000000559. The number of carboxylic acid groups (broad SMARTS) is 1. The number of nitrogens with zero attached hydrogens (tertiary/aromatic N) is 1. The number of rotatable bonds is 8. The number of likely N-dealkylation sites (tertiary alicyclic amines) is 1. The summed E-state index contributed by atoms with van der Waals surface area (Å²) in [6.45, 7) is 3.88. The molecule has 0 spiro atoms. The van der Waals surface area contributed by atoms with Gasteiger partial charge in [0, 0.05) is 12.8 Å². The average molecular weight is 580 g/mol. The summed E-state index contributed by atoms with van der Waals surface area (Å²) >= 11 is 0. The first-order chi connectivity index (χ1) is 18.8. The fourth-order valence-corrected chi connectivity index (χ4v) is 4.78. The smallest absolute Gasteiger partial charge is 0.490 e. The molecule has 216 valence electrons. The van der Waals surface area contributed by atoms with E-state index in [9.17, 15) is 21.6 Å². The largest absolute Gasteiger partial charge is 0.497 e. The first-order valence-electron chi connectivity index (χ1n) is 12.5. The first-order valence-corrected chi connectivity index (χ1v) is 14.4. The highest BCUT2D eigenvalue weighted by Gasteiger charge is 2.38. The maximum Gasteiger partial charge on any atom is 0.490 e. The number of carboxylic acids is 1. The Kier molecular flexibility index (Phi) is 10.6. The van der Waals surface area contributed by atoms with Gasteiger partial charge in [0.2, 0.25) is 0 Å². The molecule has 3 aromatic carbocycles. The van der Waals surface area contributed by atoms with Gasteiger partial charge < -0.3 is 14.6 Å². The van der Waals surface area contributed by atoms with Crippen LogP contribution in [-0.4, -0.2) is 63.6 Å². The number of alkyl halides is 3. The van der Waals surface area contributed by atoms with Gasteiger partial charge in [-0.15, -0.1) is 0 Å². The fraction of sp³-hybridized carbons (Fsp3) is 0.345. The fourth-order valence-electron chi connectivity index (χ4n) is 4.15. The third kappa shape index (κ3) is 9.56. The van der Waals surface area contributed by atoms with Gasteiger partial charge in [0.05, 0.1) is 18.6 Å². The van der Waals surface area contributed by atoms with E-state index in [4.69, 9.17) is 19.4 Å². The number of ether oxygens (including phenoxy) is 2. The molecule has 0 aromatic heterocycles. The van der Waals surface area contributed by atoms with Crippen molar-refractivity contribution in [2.45, 2.75) is 30.5 Å². The Morgan fingerprint density at radius 2 is 1.38 bits per heavy atom. The summed E-state index contributed by atoms with van der Waals surface area (Å²) in [6, 6.07) is 23.3. The quantitative estimate of drug-likeness (QED) is 0.367. The van der Waals surface area contributed by atoms with Gasteiger partial charge >= 0.3 is 12.1 Å². The lowest BCUT2D eigenvalue weighted by Gasteiger charge is -2.31. The van der Waals surface area contributed by atoms with Crippen molar-refractivity contribution in [3.8, 4) is 22.6 Å². The Bertz CT molecular complexity index is 1330. The van der Waals surface area contributed by atoms with E-state index in [-0.39, 0.29) is 0 Å². The molecule has 40 heavy (non-hydrogen) atoms. The van der Waals surface area contributed by atoms with Crippen LogP contribution >= 0.6 is 0 Å². The SMILES string of the molecule is COc1ccc(CN2CCC(COc3ccc(-c4ccc(S(C)(=O)=O)cc4)cc3)CC2)cc1.O=C(O)C(F)(F)F. The van der Waals surface area contributed by atoms with Crippen molar-refractivity contribution in [2.75, 3.05) is 33.1 Å². The third-order valence-electron chi connectivity index (χ3n) is 6.47. The molecule has 0 atom stereocenters. The molecular formula is C29H32F3NO6S. The molecule has 0 saturated carbocycles. The molecule has 1 aliphatic heterocycles. The summed E-state index contributed by atoms with van der Waals surface area (Å²) in [4.78, 5) is 11.7. The van der Waals surface area contributed by atoms with Gasteiger partial charge in [-0.1, -0.05) is 36.4 Å². The second kappa shape index (κ2) is 13.7. The highest BCUT2D eigenvalue weighted by molar-refractivity contribution is 7.90. The number of methoxy groups -OCH3 is 1. The molecule has 4 rings (SSSR count). The van der Waals surface area contributed by atoms with Crippen LogP contribution in [0.2, 0.25) is 0 Å². The molecule has 7 nitrogen and oxygen atoms in total. The number of piperidine rings is 1. The van der Waals surface area contributed by atoms with E-state index in [1.807, 2.05) is 48.5 Å². The van der Waals surface area contributed by atoms with Gasteiger partial charge in [-0.25, -0.2) is 13.2 Å². The van der Waals surface area contributed by atoms with Crippen LogP contribution in [0.5, 0.6) is 11.5 Å².